The van der Waals surface area contributed by atoms with Gasteiger partial charge < -0.3 is 4.42 Å². The minimum atomic E-state index is -0.0645. The zero-order valence-corrected chi connectivity index (χ0v) is 28.7. The first-order valence-corrected chi connectivity index (χ1v) is 17.5. The van der Waals surface area contributed by atoms with Crippen molar-refractivity contribution >= 4 is 21.9 Å². The van der Waals surface area contributed by atoms with Gasteiger partial charge in [0.2, 0.25) is 0 Å². The van der Waals surface area contributed by atoms with Gasteiger partial charge in [-0.25, -0.2) is 15.0 Å². The Morgan fingerprint density at radius 3 is 1.94 bits per heavy atom. The molecule has 0 unspecified atom stereocenters. The molecule has 1 aliphatic carbocycles. The molecule has 5 heteroatoms. The summed E-state index contributed by atoms with van der Waals surface area (Å²) in [4.78, 5) is 19.8. The van der Waals surface area contributed by atoms with Crippen LogP contribution in [0.2, 0.25) is 0 Å². The SMILES string of the molecule is CC1(C)c2ccccc2-c2cc(-c3cc(-c4cccnc4)cc(-c4nc(-c5ccccc5)nc(-c5cccc6c5oc5ccccc56)n4)c3)ccc21. The summed E-state index contributed by atoms with van der Waals surface area (Å²) in [5, 5.41) is 2.09. The van der Waals surface area contributed by atoms with Crippen molar-refractivity contribution in [3.05, 3.63) is 169 Å². The van der Waals surface area contributed by atoms with Crippen LogP contribution in [0.4, 0.5) is 0 Å². The number of rotatable bonds is 5. The summed E-state index contributed by atoms with van der Waals surface area (Å²) in [6, 6.07) is 50.6. The van der Waals surface area contributed by atoms with Crippen LogP contribution in [0.1, 0.15) is 25.0 Å². The zero-order chi connectivity index (χ0) is 34.8. The van der Waals surface area contributed by atoms with E-state index in [1.165, 1.54) is 22.3 Å². The third-order valence-electron chi connectivity index (χ3n) is 10.4. The lowest BCUT2D eigenvalue weighted by molar-refractivity contribution is 0.660. The molecule has 52 heavy (non-hydrogen) atoms. The average Bonchev–Trinajstić information content (AvgIpc) is 3.70. The molecule has 0 aliphatic heterocycles. The molecule has 5 nitrogen and oxygen atoms in total. The largest absolute Gasteiger partial charge is 0.455 e. The molecule has 0 spiro atoms. The van der Waals surface area contributed by atoms with E-state index in [0.717, 1.165) is 60.9 Å². The van der Waals surface area contributed by atoms with Crippen molar-refractivity contribution in [1.29, 1.82) is 0 Å². The van der Waals surface area contributed by atoms with E-state index in [1.807, 2.05) is 72.9 Å². The van der Waals surface area contributed by atoms with Crippen molar-refractivity contribution in [2.45, 2.75) is 19.3 Å². The molecule has 0 amide bonds. The van der Waals surface area contributed by atoms with Gasteiger partial charge in [0.1, 0.15) is 11.2 Å². The lowest BCUT2D eigenvalue weighted by Crippen LogP contribution is -2.14. The predicted molar refractivity (Wildman–Crippen MR) is 210 cm³/mol. The van der Waals surface area contributed by atoms with Gasteiger partial charge in [0.25, 0.3) is 0 Å². The monoisotopic (exact) mass is 668 g/mol. The maximum atomic E-state index is 6.45. The molecule has 0 radical (unpaired) electrons. The van der Waals surface area contributed by atoms with Crippen LogP contribution in [-0.4, -0.2) is 19.9 Å². The van der Waals surface area contributed by atoms with Crippen LogP contribution in [0.3, 0.4) is 0 Å². The Kier molecular flexibility index (Phi) is 6.77. The number of hydrogen-bond donors (Lipinski definition) is 0. The molecule has 0 N–H and O–H groups in total. The Morgan fingerprint density at radius 1 is 0.442 bits per heavy atom. The molecular formula is C47H32N4O. The Morgan fingerprint density at radius 2 is 1.10 bits per heavy atom. The smallest absolute Gasteiger partial charge is 0.167 e. The van der Waals surface area contributed by atoms with Crippen molar-refractivity contribution in [3.63, 3.8) is 0 Å². The molecule has 0 fully saturated rings. The fourth-order valence-corrected chi connectivity index (χ4v) is 7.79. The third kappa shape index (κ3) is 4.85. The standard InChI is InChI=1S/C47H32N4O/c1-47(2)40-19-8-6-15-35(40)39-27-30(21-22-41(39)47)32-24-33(31-14-11-23-48-28-31)26-34(25-32)45-49-44(29-12-4-3-5-13-29)50-46(51-45)38-18-10-17-37-36-16-7-9-20-42(36)52-43(37)38/h3-28H,1-2H3. The van der Waals surface area contributed by atoms with Gasteiger partial charge in [-0.3, -0.25) is 4.98 Å². The molecule has 6 aromatic carbocycles. The molecular weight excluding hydrogens is 637 g/mol. The highest BCUT2D eigenvalue weighted by Gasteiger charge is 2.35. The minimum Gasteiger partial charge on any atom is -0.455 e. The van der Waals surface area contributed by atoms with Crippen molar-refractivity contribution < 1.29 is 4.42 Å². The van der Waals surface area contributed by atoms with E-state index in [9.17, 15) is 0 Å². The van der Waals surface area contributed by atoms with Crippen LogP contribution in [-0.2, 0) is 5.41 Å². The van der Waals surface area contributed by atoms with Gasteiger partial charge in [-0.05, 0) is 81.4 Å². The first kappa shape index (κ1) is 30.1. The molecule has 0 atom stereocenters. The third-order valence-corrected chi connectivity index (χ3v) is 10.4. The fraction of sp³-hybridized carbons (Fsp3) is 0.0638. The molecule has 246 valence electrons. The number of fused-ring (bicyclic) bond motifs is 6. The van der Waals surface area contributed by atoms with Gasteiger partial charge in [-0.15, -0.1) is 0 Å². The summed E-state index contributed by atoms with van der Waals surface area (Å²) in [5.41, 5.74) is 13.7. The summed E-state index contributed by atoms with van der Waals surface area (Å²) in [6.07, 6.45) is 3.71. The Bertz CT molecular complexity index is 2820. The van der Waals surface area contributed by atoms with Crippen LogP contribution in [0.15, 0.2) is 162 Å². The normalized spacial score (nSPS) is 13.0. The Labute approximate surface area is 301 Å². The molecule has 3 heterocycles. The first-order chi connectivity index (χ1) is 25.5. The van der Waals surface area contributed by atoms with E-state index in [1.54, 1.807) is 6.20 Å². The second-order valence-corrected chi connectivity index (χ2v) is 13.9. The van der Waals surface area contributed by atoms with Gasteiger partial charge in [-0.1, -0.05) is 117 Å². The summed E-state index contributed by atoms with van der Waals surface area (Å²) in [7, 11) is 0. The molecule has 0 saturated carbocycles. The summed E-state index contributed by atoms with van der Waals surface area (Å²) in [6.45, 7) is 4.63. The summed E-state index contributed by atoms with van der Waals surface area (Å²) in [5.74, 6) is 1.73. The number of aromatic nitrogens is 4. The highest BCUT2D eigenvalue weighted by Crippen LogP contribution is 2.49. The Hall–Kier alpha value is -6.72. The van der Waals surface area contributed by atoms with Gasteiger partial charge in [0.15, 0.2) is 17.5 Å². The van der Waals surface area contributed by atoms with E-state index in [0.29, 0.717) is 17.5 Å². The van der Waals surface area contributed by atoms with Gasteiger partial charge in [0, 0.05) is 45.3 Å². The second-order valence-electron chi connectivity index (χ2n) is 13.9. The van der Waals surface area contributed by atoms with Crippen LogP contribution in [0.5, 0.6) is 0 Å². The van der Waals surface area contributed by atoms with Crippen LogP contribution >= 0.6 is 0 Å². The maximum Gasteiger partial charge on any atom is 0.167 e. The summed E-state index contributed by atoms with van der Waals surface area (Å²) < 4.78 is 6.45. The fourth-order valence-electron chi connectivity index (χ4n) is 7.79. The Balaban J connectivity index is 1.20. The van der Waals surface area contributed by atoms with E-state index in [4.69, 9.17) is 19.4 Å². The van der Waals surface area contributed by atoms with E-state index in [2.05, 4.69) is 97.7 Å². The lowest BCUT2D eigenvalue weighted by atomic mass is 9.82. The van der Waals surface area contributed by atoms with Crippen molar-refractivity contribution in [2.75, 3.05) is 0 Å². The van der Waals surface area contributed by atoms with Crippen LogP contribution in [0.25, 0.3) is 89.5 Å². The predicted octanol–water partition coefficient (Wildman–Crippen LogP) is 11.8. The number of hydrogen-bond acceptors (Lipinski definition) is 5. The van der Waals surface area contributed by atoms with Gasteiger partial charge in [-0.2, -0.15) is 0 Å². The number of para-hydroxylation sites is 2. The second kappa shape index (κ2) is 11.7. The zero-order valence-electron chi connectivity index (χ0n) is 28.7. The first-order valence-electron chi connectivity index (χ1n) is 17.5. The van der Waals surface area contributed by atoms with Gasteiger partial charge in [0.05, 0.1) is 5.56 Å². The van der Waals surface area contributed by atoms with E-state index >= 15 is 0 Å². The molecule has 9 aromatic rings. The van der Waals surface area contributed by atoms with Crippen molar-refractivity contribution in [1.82, 2.24) is 19.9 Å². The van der Waals surface area contributed by atoms with Crippen molar-refractivity contribution in [2.24, 2.45) is 0 Å². The highest BCUT2D eigenvalue weighted by molar-refractivity contribution is 6.09. The van der Waals surface area contributed by atoms with Crippen LogP contribution < -0.4 is 0 Å². The highest BCUT2D eigenvalue weighted by atomic mass is 16.3. The summed E-state index contributed by atoms with van der Waals surface area (Å²) >= 11 is 0. The molecule has 10 rings (SSSR count). The maximum absolute atomic E-state index is 6.45. The van der Waals surface area contributed by atoms with E-state index in [-0.39, 0.29) is 5.41 Å². The molecule has 1 aliphatic rings. The lowest BCUT2D eigenvalue weighted by Gasteiger charge is -2.21. The quantitative estimate of drug-likeness (QED) is 0.183. The number of pyridine rings is 1. The average molecular weight is 669 g/mol. The topological polar surface area (TPSA) is 64.7 Å². The molecule has 3 aromatic heterocycles. The molecule has 0 saturated heterocycles. The van der Waals surface area contributed by atoms with Crippen LogP contribution in [0, 0.1) is 0 Å². The van der Waals surface area contributed by atoms with E-state index < -0.39 is 0 Å². The number of nitrogens with zero attached hydrogens (tertiary/aromatic N) is 4. The van der Waals surface area contributed by atoms with Gasteiger partial charge >= 0.3 is 0 Å². The van der Waals surface area contributed by atoms with Crippen molar-refractivity contribution in [3.8, 4) is 67.5 Å². The minimum absolute atomic E-state index is 0.0645. The number of benzene rings is 6. The number of furan rings is 1. The molecule has 0 bridgehead atoms.